The first-order valence-electron chi connectivity index (χ1n) is 20.5. The van der Waals surface area contributed by atoms with Crippen molar-refractivity contribution in [3.05, 3.63) is 86.3 Å². The predicted molar refractivity (Wildman–Crippen MR) is 229 cm³/mol. The molecule has 2 aliphatic heterocycles. The number of aliphatic carboxylic acids is 1. The van der Waals surface area contributed by atoms with Gasteiger partial charge in [-0.15, -0.1) is 11.3 Å². The van der Waals surface area contributed by atoms with Crippen LogP contribution in [-0.2, 0) is 25.7 Å². The first kappa shape index (κ1) is 44.1. The van der Waals surface area contributed by atoms with E-state index in [0.717, 1.165) is 54.0 Å². The highest BCUT2D eigenvalue weighted by atomic mass is 32.1. The third-order valence-corrected chi connectivity index (χ3v) is 11.9. The summed E-state index contributed by atoms with van der Waals surface area (Å²) >= 11 is 1.26. The molecule has 1 fully saturated rings. The molecule has 2 aromatic heterocycles. The van der Waals surface area contributed by atoms with Crippen LogP contribution >= 0.6 is 11.3 Å². The SMILES string of the molecule is Cc1nc(=O)c2cc(CN(C)c3ccc(C(=O)N[C@@H](CCC(=O)NCCCCCCCCNc4cccc5c4C(=O)N(C4CCC(=O)NC4=O)C5=O)CC(=O)O)s3)ccc2[nH]1. The van der Waals surface area contributed by atoms with Crippen LogP contribution in [0.2, 0.25) is 0 Å². The molecule has 1 saturated heterocycles. The highest BCUT2D eigenvalue weighted by Gasteiger charge is 2.45. The summed E-state index contributed by atoms with van der Waals surface area (Å²) in [4.78, 5) is 110. The summed E-state index contributed by atoms with van der Waals surface area (Å²) in [5.41, 5.74) is 2.30. The van der Waals surface area contributed by atoms with Gasteiger partial charge < -0.3 is 30.9 Å². The second kappa shape index (κ2) is 20.2. The van der Waals surface area contributed by atoms with Crippen LogP contribution in [0.15, 0.2) is 53.3 Å². The largest absolute Gasteiger partial charge is 0.481 e. The van der Waals surface area contributed by atoms with E-state index < -0.39 is 47.6 Å². The maximum Gasteiger partial charge on any atom is 0.305 e. The van der Waals surface area contributed by atoms with Gasteiger partial charge >= 0.3 is 5.97 Å². The van der Waals surface area contributed by atoms with Gasteiger partial charge in [0.1, 0.15) is 11.9 Å². The number of nitrogens with zero attached hydrogens (tertiary/aromatic N) is 3. The maximum atomic E-state index is 13.3. The fourth-order valence-corrected chi connectivity index (χ4v) is 8.44. The van der Waals surface area contributed by atoms with E-state index in [1.165, 1.54) is 11.3 Å². The van der Waals surface area contributed by atoms with Crippen molar-refractivity contribution in [2.75, 3.05) is 30.4 Å². The molecule has 0 aliphatic carbocycles. The number of fused-ring (bicyclic) bond motifs is 2. The number of carboxylic acid groups (broad SMARTS) is 1. The van der Waals surface area contributed by atoms with Crippen LogP contribution in [0.5, 0.6) is 0 Å². The summed E-state index contributed by atoms with van der Waals surface area (Å²) in [6, 6.07) is 12.3. The lowest BCUT2D eigenvalue weighted by molar-refractivity contribution is -0.138. The van der Waals surface area contributed by atoms with Crippen LogP contribution in [0.4, 0.5) is 10.7 Å². The normalized spacial score (nSPS) is 15.4. The van der Waals surface area contributed by atoms with Crippen LogP contribution in [0.3, 0.4) is 0 Å². The molecule has 2 aliphatic rings. The van der Waals surface area contributed by atoms with Gasteiger partial charge in [0.2, 0.25) is 17.7 Å². The van der Waals surface area contributed by atoms with Crippen LogP contribution in [0.25, 0.3) is 10.9 Å². The van der Waals surface area contributed by atoms with Gasteiger partial charge in [0.15, 0.2) is 0 Å². The van der Waals surface area contributed by atoms with E-state index >= 15 is 0 Å². The van der Waals surface area contributed by atoms with Gasteiger partial charge in [-0.1, -0.05) is 37.8 Å². The van der Waals surface area contributed by atoms with Crippen molar-refractivity contribution in [2.24, 2.45) is 0 Å². The van der Waals surface area contributed by atoms with Crippen molar-refractivity contribution in [2.45, 2.75) is 96.2 Å². The quantitative estimate of drug-likeness (QED) is 0.0510. The minimum Gasteiger partial charge on any atom is -0.481 e. The van der Waals surface area contributed by atoms with Crippen molar-refractivity contribution in [3.63, 3.8) is 0 Å². The number of aromatic amines is 1. The maximum absolute atomic E-state index is 13.3. The van der Waals surface area contributed by atoms with Crippen LogP contribution in [0.1, 0.15) is 112 Å². The fraction of sp³-hybridized carbons (Fsp3) is 0.419. The first-order valence-corrected chi connectivity index (χ1v) is 21.3. The summed E-state index contributed by atoms with van der Waals surface area (Å²) < 4.78 is 0. The van der Waals surface area contributed by atoms with Gasteiger partial charge in [-0.3, -0.25) is 48.6 Å². The number of carboxylic acids is 1. The van der Waals surface area contributed by atoms with Gasteiger partial charge in [0, 0.05) is 51.3 Å². The fourth-order valence-electron chi connectivity index (χ4n) is 7.57. The Balaban J connectivity index is 0.852. The second-order valence-corrected chi connectivity index (χ2v) is 16.4. The summed E-state index contributed by atoms with van der Waals surface area (Å²) in [5.74, 6) is -3.33. The van der Waals surface area contributed by atoms with Crippen molar-refractivity contribution < 1.29 is 38.7 Å². The Morgan fingerprint density at radius 2 is 1.72 bits per heavy atom. The number of carbonyl (C=O) groups is 7. The van der Waals surface area contributed by atoms with Gasteiger partial charge in [0.05, 0.1) is 38.3 Å². The van der Waals surface area contributed by atoms with Crippen LogP contribution in [0, 0.1) is 6.92 Å². The van der Waals surface area contributed by atoms with E-state index in [2.05, 4.69) is 31.2 Å². The zero-order chi connectivity index (χ0) is 43.6. The Bertz CT molecular complexity index is 2390. The Labute approximate surface area is 355 Å². The molecule has 0 radical (unpaired) electrons. The number of unbranched alkanes of at least 4 members (excludes halogenated alkanes) is 5. The predicted octanol–water partition coefficient (Wildman–Crippen LogP) is 4.25. The lowest BCUT2D eigenvalue weighted by atomic mass is 10.0. The Kier molecular flexibility index (Phi) is 14.6. The summed E-state index contributed by atoms with van der Waals surface area (Å²) in [5, 5.41) is 21.9. The number of aromatic nitrogens is 2. The van der Waals surface area contributed by atoms with Crippen LogP contribution in [-0.4, -0.2) is 93.6 Å². The standard InChI is InChI=1S/C43H50N8O9S/c1-25-46-30-14-12-26(22-29(30)39(56)47-25)24-50(2)36-19-16-33(61-36)41(58)48-27(23-37(54)55)13-17-34(52)45-21-8-6-4-3-5-7-20-44-31-11-9-10-28-38(31)43(60)51(42(28)59)32-15-18-35(53)49-40(32)57/h9-12,14,16,19,22,27,32,44H,3-8,13,15,17-18,20-21,23-24H2,1-2H3,(H,45,52)(H,48,58)(H,54,55)(H,46,47,56)(H,49,53,57)/t27-,32?/m0/s1. The monoisotopic (exact) mass is 854 g/mol. The number of amides is 6. The topological polar surface area (TPSA) is 240 Å². The molecule has 6 amide bonds. The number of piperidine rings is 1. The van der Waals surface area contributed by atoms with E-state index in [1.807, 2.05) is 30.1 Å². The number of benzene rings is 2. The molecular formula is C43H50N8O9S. The molecule has 0 bridgehead atoms. The number of rotatable bonds is 21. The Morgan fingerprint density at radius 3 is 2.48 bits per heavy atom. The van der Waals surface area contributed by atoms with E-state index in [0.29, 0.717) is 46.9 Å². The lowest BCUT2D eigenvalue weighted by Gasteiger charge is -2.27. The highest BCUT2D eigenvalue weighted by molar-refractivity contribution is 7.18. The van der Waals surface area contributed by atoms with Crippen molar-refractivity contribution in [3.8, 4) is 0 Å². The number of imide groups is 2. The average molecular weight is 855 g/mol. The molecule has 2 aromatic carbocycles. The number of nitrogens with one attached hydrogen (secondary N) is 5. The molecule has 61 heavy (non-hydrogen) atoms. The van der Waals surface area contributed by atoms with Gasteiger partial charge in [0.25, 0.3) is 23.3 Å². The Hall–Kier alpha value is -6.43. The number of thiophene rings is 1. The lowest BCUT2D eigenvalue weighted by Crippen LogP contribution is -2.54. The van der Waals surface area contributed by atoms with Crippen molar-refractivity contribution >= 4 is 74.3 Å². The number of hydrogen-bond acceptors (Lipinski definition) is 12. The second-order valence-electron chi connectivity index (χ2n) is 15.4. The molecule has 2 atom stereocenters. The van der Waals surface area contributed by atoms with Crippen LogP contribution < -0.4 is 31.7 Å². The van der Waals surface area contributed by atoms with E-state index in [-0.39, 0.29) is 54.7 Å². The minimum absolute atomic E-state index is 0.0574. The molecule has 6 rings (SSSR count). The molecule has 17 nitrogen and oxygen atoms in total. The third kappa shape index (κ3) is 11.2. The molecule has 6 N–H and O–H groups in total. The molecule has 322 valence electrons. The zero-order valence-corrected chi connectivity index (χ0v) is 35.0. The Morgan fingerprint density at radius 1 is 0.967 bits per heavy atom. The first-order chi connectivity index (χ1) is 29.3. The molecule has 18 heteroatoms. The third-order valence-electron chi connectivity index (χ3n) is 10.7. The number of hydrogen-bond donors (Lipinski definition) is 6. The average Bonchev–Trinajstić information content (AvgIpc) is 3.81. The number of H-pyrrole nitrogens is 1. The van der Waals surface area contributed by atoms with E-state index in [1.54, 1.807) is 37.3 Å². The van der Waals surface area contributed by atoms with Gasteiger partial charge in [-0.05, 0) is 74.6 Å². The molecule has 1 unspecified atom stereocenters. The van der Waals surface area contributed by atoms with Gasteiger partial charge in [-0.25, -0.2) is 0 Å². The number of carbonyl (C=O) groups excluding carboxylic acids is 6. The number of aryl methyl sites for hydroxylation is 1. The molecule has 0 saturated carbocycles. The minimum atomic E-state index is -1.08. The summed E-state index contributed by atoms with van der Waals surface area (Å²) in [6.07, 6.45) is 5.42. The summed E-state index contributed by atoms with van der Waals surface area (Å²) in [7, 11) is 1.87. The molecule has 4 aromatic rings. The molecule has 4 heterocycles. The van der Waals surface area contributed by atoms with E-state index in [4.69, 9.17) is 0 Å². The molecular weight excluding hydrogens is 805 g/mol. The van der Waals surface area contributed by atoms with Gasteiger partial charge in [-0.2, -0.15) is 4.98 Å². The number of anilines is 2. The highest BCUT2D eigenvalue weighted by Crippen LogP contribution is 2.32. The van der Waals surface area contributed by atoms with E-state index in [9.17, 15) is 43.5 Å². The van der Waals surface area contributed by atoms with Crippen molar-refractivity contribution in [1.82, 2.24) is 30.8 Å². The summed E-state index contributed by atoms with van der Waals surface area (Å²) in [6.45, 7) is 3.27. The molecule has 0 spiro atoms. The smallest absolute Gasteiger partial charge is 0.305 e. The zero-order valence-electron chi connectivity index (χ0n) is 34.1. The van der Waals surface area contributed by atoms with Crippen molar-refractivity contribution in [1.29, 1.82) is 0 Å².